The highest BCUT2D eigenvalue weighted by atomic mass is 14.5. The molecule has 0 unspecified atom stereocenters. The van der Waals surface area contributed by atoms with Crippen LogP contribution in [0.1, 0.15) is 69.2 Å². The van der Waals surface area contributed by atoms with E-state index in [1.165, 1.54) is 30.4 Å². The average molecular weight is 290 g/mol. The SMILES string of the molecule is CC1(C)CCC2(C1)c1ccccc1C(C)(C)c1ccccc12. The molecule has 2 aromatic carbocycles. The molecule has 1 saturated carbocycles. The molecule has 0 heterocycles. The van der Waals surface area contributed by atoms with E-state index in [2.05, 4.69) is 76.2 Å². The Labute approximate surface area is 134 Å². The van der Waals surface area contributed by atoms with E-state index in [0.717, 1.165) is 0 Å². The Bertz CT molecular complexity index is 684. The van der Waals surface area contributed by atoms with Crippen molar-refractivity contribution in [1.29, 1.82) is 0 Å². The fourth-order valence-corrected chi connectivity index (χ4v) is 5.19. The van der Waals surface area contributed by atoms with Crippen molar-refractivity contribution in [3.05, 3.63) is 70.8 Å². The predicted octanol–water partition coefficient (Wildman–Crippen LogP) is 5.82. The first-order valence-electron chi connectivity index (χ1n) is 8.57. The molecule has 0 radical (unpaired) electrons. The molecule has 0 aromatic heterocycles. The van der Waals surface area contributed by atoms with Gasteiger partial charge in [-0.05, 0) is 46.9 Å². The summed E-state index contributed by atoms with van der Waals surface area (Å²) >= 11 is 0. The molecule has 0 saturated heterocycles. The number of fused-ring (bicyclic) bond motifs is 4. The summed E-state index contributed by atoms with van der Waals surface area (Å²) in [5, 5.41) is 0. The van der Waals surface area contributed by atoms with E-state index in [0.29, 0.717) is 5.41 Å². The molecule has 0 amide bonds. The summed E-state index contributed by atoms with van der Waals surface area (Å²) in [4.78, 5) is 0. The number of hydrogen-bond donors (Lipinski definition) is 0. The van der Waals surface area contributed by atoms with Gasteiger partial charge in [-0.15, -0.1) is 0 Å². The molecule has 2 aromatic rings. The van der Waals surface area contributed by atoms with Crippen LogP contribution in [0.3, 0.4) is 0 Å². The van der Waals surface area contributed by atoms with Crippen LogP contribution in [0.4, 0.5) is 0 Å². The highest BCUT2D eigenvalue weighted by molar-refractivity contribution is 5.59. The molecular formula is C22H26. The van der Waals surface area contributed by atoms with Crippen LogP contribution in [-0.2, 0) is 10.8 Å². The normalized spacial score (nSPS) is 23.1. The number of benzene rings is 2. The van der Waals surface area contributed by atoms with Crippen molar-refractivity contribution in [2.75, 3.05) is 0 Å². The van der Waals surface area contributed by atoms with Crippen molar-refractivity contribution >= 4 is 0 Å². The fourth-order valence-electron chi connectivity index (χ4n) is 5.19. The zero-order valence-electron chi connectivity index (χ0n) is 14.2. The van der Waals surface area contributed by atoms with Gasteiger partial charge < -0.3 is 0 Å². The third kappa shape index (κ3) is 1.70. The first kappa shape index (κ1) is 14.1. The van der Waals surface area contributed by atoms with Gasteiger partial charge in [-0.1, -0.05) is 76.2 Å². The van der Waals surface area contributed by atoms with Gasteiger partial charge in [0.1, 0.15) is 0 Å². The summed E-state index contributed by atoms with van der Waals surface area (Å²) in [5.41, 5.74) is 7.00. The maximum Gasteiger partial charge on any atom is 0.0214 e. The van der Waals surface area contributed by atoms with Crippen molar-refractivity contribution in [3.63, 3.8) is 0 Å². The predicted molar refractivity (Wildman–Crippen MR) is 93.4 cm³/mol. The van der Waals surface area contributed by atoms with Crippen LogP contribution >= 0.6 is 0 Å². The summed E-state index contributed by atoms with van der Waals surface area (Å²) in [5.74, 6) is 0. The summed E-state index contributed by atoms with van der Waals surface area (Å²) in [7, 11) is 0. The lowest BCUT2D eigenvalue weighted by molar-refractivity contribution is 0.349. The van der Waals surface area contributed by atoms with E-state index >= 15 is 0 Å². The smallest absolute Gasteiger partial charge is 0.0214 e. The zero-order valence-corrected chi connectivity index (χ0v) is 14.2. The van der Waals surface area contributed by atoms with E-state index < -0.39 is 0 Å². The number of rotatable bonds is 0. The third-order valence-electron chi connectivity index (χ3n) is 6.24. The molecule has 0 bridgehead atoms. The van der Waals surface area contributed by atoms with Gasteiger partial charge in [0.15, 0.2) is 0 Å². The van der Waals surface area contributed by atoms with E-state index in [-0.39, 0.29) is 10.8 Å². The van der Waals surface area contributed by atoms with Crippen LogP contribution < -0.4 is 0 Å². The van der Waals surface area contributed by atoms with Crippen LogP contribution in [0.25, 0.3) is 0 Å². The Kier molecular flexibility index (Phi) is 2.72. The van der Waals surface area contributed by atoms with E-state index in [9.17, 15) is 0 Å². The first-order valence-corrected chi connectivity index (χ1v) is 8.57. The second kappa shape index (κ2) is 4.25. The van der Waals surface area contributed by atoms with Crippen LogP contribution in [0, 0.1) is 5.41 Å². The zero-order chi connectivity index (χ0) is 15.6. The molecule has 0 heteroatoms. The van der Waals surface area contributed by atoms with Gasteiger partial charge in [-0.2, -0.15) is 0 Å². The quantitative estimate of drug-likeness (QED) is 0.573. The van der Waals surface area contributed by atoms with Gasteiger partial charge in [0.2, 0.25) is 0 Å². The maximum atomic E-state index is 2.44. The van der Waals surface area contributed by atoms with Crippen molar-refractivity contribution in [1.82, 2.24) is 0 Å². The summed E-state index contributed by atoms with van der Waals surface area (Å²) in [6, 6.07) is 18.4. The van der Waals surface area contributed by atoms with Crippen LogP contribution in [0.15, 0.2) is 48.5 Å². The topological polar surface area (TPSA) is 0 Å². The lowest BCUT2D eigenvalue weighted by Crippen LogP contribution is -2.39. The van der Waals surface area contributed by atoms with Crippen molar-refractivity contribution in [2.45, 2.75) is 57.8 Å². The molecule has 1 fully saturated rings. The standard InChI is InChI=1S/C22H26/c1-20(2)13-14-22(15-20)18-11-7-5-9-16(18)21(3,4)17-10-6-8-12-19(17)22/h5-12H,13-15H2,1-4H3. The Hall–Kier alpha value is -1.56. The maximum absolute atomic E-state index is 2.44. The van der Waals surface area contributed by atoms with Gasteiger partial charge in [-0.3, -0.25) is 0 Å². The fraction of sp³-hybridized carbons (Fsp3) is 0.455. The second-order valence-corrected chi connectivity index (χ2v) is 8.64. The first-order chi connectivity index (χ1) is 10.4. The van der Waals surface area contributed by atoms with Gasteiger partial charge >= 0.3 is 0 Å². The average Bonchev–Trinajstić information content (AvgIpc) is 2.83. The Morgan fingerprint density at radius 2 is 1.09 bits per heavy atom. The summed E-state index contributed by atoms with van der Waals surface area (Å²) in [6.07, 6.45) is 3.87. The third-order valence-corrected chi connectivity index (χ3v) is 6.24. The molecule has 2 aliphatic rings. The lowest BCUT2D eigenvalue weighted by Gasteiger charge is -2.46. The summed E-state index contributed by atoms with van der Waals surface area (Å²) < 4.78 is 0. The van der Waals surface area contributed by atoms with Gasteiger partial charge in [0.25, 0.3) is 0 Å². The highest BCUT2D eigenvalue weighted by Gasteiger charge is 2.51. The van der Waals surface area contributed by atoms with Crippen LogP contribution in [-0.4, -0.2) is 0 Å². The van der Waals surface area contributed by atoms with Crippen LogP contribution in [0.5, 0.6) is 0 Å². The minimum absolute atomic E-state index is 0.102. The molecule has 1 spiro atoms. The number of hydrogen-bond acceptors (Lipinski definition) is 0. The van der Waals surface area contributed by atoms with E-state index in [4.69, 9.17) is 0 Å². The van der Waals surface area contributed by atoms with Gasteiger partial charge in [-0.25, -0.2) is 0 Å². The molecule has 0 nitrogen and oxygen atoms in total. The lowest BCUT2D eigenvalue weighted by atomic mass is 9.57. The molecule has 114 valence electrons. The molecule has 0 aliphatic heterocycles. The molecule has 0 N–H and O–H groups in total. The minimum atomic E-state index is 0.102. The van der Waals surface area contributed by atoms with Crippen molar-refractivity contribution < 1.29 is 0 Å². The Morgan fingerprint density at radius 1 is 0.636 bits per heavy atom. The van der Waals surface area contributed by atoms with E-state index in [1.54, 1.807) is 11.1 Å². The largest absolute Gasteiger partial charge is 0.0619 e. The molecule has 0 atom stereocenters. The Morgan fingerprint density at radius 3 is 1.50 bits per heavy atom. The monoisotopic (exact) mass is 290 g/mol. The molecule has 22 heavy (non-hydrogen) atoms. The van der Waals surface area contributed by atoms with Gasteiger partial charge in [0.05, 0.1) is 0 Å². The minimum Gasteiger partial charge on any atom is -0.0619 e. The van der Waals surface area contributed by atoms with Crippen molar-refractivity contribution in [2.24, 2.45) is 5.41 Å². The Balaban J connectivity index is 2.06. The van der Waals surface area contributed by atoms with E-state index in [1.807, 2.05) is 0 Å². The molecule has 4 rings (SSSR count). The second-order valence-electron chi connectivity index (χ2n) is 8.64. The highest BCUT2D eigenvalue weighted by Crippen LogP contribution is 2.60. The summed E-state index contributed by atoms with van der Waals surface area (Å²) in [6.45, 7) is 9.65. The molecule has 2 aliphatic carbocycles. The molecular weight excluding hydrogens is 264 g/mol. The van der Waals surface area contributed by atoms with Gasteiger partial charge in [0, 0.05) is 10.8 Å². The van der Waals surface area contributed by atoms with Crippen molar-refractivity contribution in [3.8, 4) is 0 Å². The van der Waals surface area contributed by atoms with Crippen LogP contribution in [0.2, 0.25) is 0 Å².